The fourth-order valence-corrected chi connectivity index (χ4v) is 2.94. The average molecular weight is 341 g/mol. The Morgan fingerprint density at radius 1 is 1.48 bits per heavy atom. The Bertz CT molecular complexity index is 494. The fourth-order valence-electron chi connectivity index (χ4n) is 2.94. The number of rotatable bonds is 6. The number of nitrogens with two attached hydrogens (primary N) is 1. The zero-order valence-electron chi connectivity index (χ0n) is 14.2. The van der Waals surface area contributed by atoms with Crippen molar-refractivity contribution >= 4 is 18.3 Å². The first-order valence-electron chi connectivity index (χ1n) is 8.29. The van der Waals surface area contributed by atoms with E-state index in [1.165, 1.54) is 5.56 Å². The van der Waals surface area contributed by atoms with Crippen LogP contribution in [0.3, 0.4) is 0 Å². The minimum absolute atomic E-state index is 0. The van der Waals surface area contributed by atoms with Crippen molar-refractivity contribution in [2.24, 2.45) is 11.7 Å². The molecule has 0 aromatic heterocycles. The van der Waals surface area contributed by atoms with Gasteiger partial charge in [-0.3, -0.25) is 4.79 Å². The number of aryl methyl sites for hydroxylation is 1. The van der Waals surface area contributed by atoms with Crippen molar-refractivity contribution in [2.75, 3.05) is 19.7 Å². The topological polar surface area (TPSA) is 55.6 Å². The zero-order valence-corrected chi connectivity index (χ0v) is 15.0. The van der Waals surface area contributed by atoms with E-state index in [0.29, 0.717) is 18.9 Å². The summed E-state index contributed by atoms with van der Waals surface area (Å²) in [7, 11) is 0. The molecule has 2 atom stereocenters. The zero-order chi connectivity index (χ0) is 15.9. The summed E-state index contributed by atoms with van der Waals surface area (Å²) in [5.41, 5.74) is 7.15. The summed E-state index contributed by atoms with van der Waals surface area (Å²) in [6, 6.07) is 8.16. The van der Waals surface area contributed by atoms with Crippen LogP contribution < -0.4 is 10.5 Å². The highest BCUT2D eigenvalue weighted by Crippen LogP contribution is 2.19. The number of amides is 1. The molecule has 1 amide bonds. The van der Waals surface area contributed by atoms with Gasteiger partial charge in [0.2, 0.25) is 5.91 Å². The molecule has 0 bridgehead atoms. The van der Waals surface area contributed by atoms with E-state index in [9.17, 15) is 4.79 Å². The van der Waals surface area contributed by atoms with Gasteiger partial charge in [0.15, 0.2) is 0 Å². The number of ether oxygens (including phenoxy) is 1. The molecule has 2 unspecified atom stereocenters. The summed E-state index contributed by atoms with van der Waals surface area (Å²) in [4.78, 5) is 14.2. The molecule has 5 heteroatoms. The number of nitrogens with zero attached hydrogens (tertiary/aromatic N) is 1. The largest absolute Gasteiger partial charge is 0.494 e. The van der Waals surface area contributed by atoms with Crippen LogP contribution in [0.4, 0.5) is 0 Å². The molecule has 0 spiro atoms. The minimum Gasteiger partial charge on any atom is -0.494 e. The third-order valence-electron chi connectivity index (χ3n) is 4.35. The molecule has 1 aromatic rings. The molecule has 0 aliphatic carbocycles. The number of piperidine rings is 1. The second-order valence-corrected chi connectivity index (χ2v) is 6.37. The molecule has 2 rings (SSSR count). The van der Waals surface area contributed by atoms with Gasteiger partial charge in [0, 0.05) is 25.6 Å². The Balaban J connectivity index is 0.00000264. The molecule has 0 radical (unpaired) electrons. The van der Waals surface area contributed by atoms with Crippen LogP contribution >= 0.6 is 12.4 Å². The molecule has 1 saturated heterocycles. The predicted molar refractivity (Wildman–Crippen MR) is 96.1 cm³/mol. The molecule has 1 aliphatic rings. The maximum atomic E-state index is 12.3. The molecule has 1 heterocycles. The number of hydrogen-bond acceptors (Lipinski definition) is 3. The van der Waals surface area contributed by atoms with Crippen LogP contribution in [0.5, 0.6) is 5.75 Å². The Morgan fingerprint density at radius 3 is 2.96 bits per heavy atom. The lowest BCUT2D eigenvalue weighted by Crippen LogP contribution is -2.45. The standard InChI is InChI=1S/C18H28N2O2.ClH/c1-14-6-3-8-17(12-14)22-11-5-9-18(21)20-10-4-7-16(13-20)15(2)19;/h3,6,8,12,15-16H,4-5,7,9-11,13,19H2,1-2H3;1H. The van der Waals surface area contributed by atoms with Gasteiger partial charge in [-0.2, -0.15) is 0 Å². The second kappa shape index (κ2) is 9.78. The van der Waals surface area contributed by atoms with E-state index in [1.54, 1.807) is 0 Å². The Kier molecular flexibility index (Phi) is 8.42. The Labute approximate surface area is 145 Å². The predicted octanol–water partition coefficient (Wildman–Crippen LogP) is 3.16. The van der Waals surface area contributed by atoms with Crippen LogP contribution in [0.2, 0.25) is 0 Å². The van der Waals surface area contributed by atoms with Crippen LogP contribution in [0, 0.1) is 12.8 Å². The number of hydrogen-bond donors (Lipinski definition) is 1. The normalized spacial score (nSPS) is 18.9. The smallest absolute Gasteiger partial charge is 0.222 e. The molecule has 4 nitrogen and oxygen atoms in total. The molecule has 1 fully saturated rings. The molecular formula is C18H29ClN2O2. The summed E-state index contributed by atoms with van der Waals surface area (Å²) in [5, 5.41) is 0. The molecule has 0 saturated carbocycles. The summed E-state index contributed by atoms with van der Waals surface area (Å²) in [6.45, 7) is 6.35. The molecule has 130 valence electrons. The van der Waals surface area contributed by atoms with Crippen molar-refractivity contribution in [3.8, 4) is 5.75 Å². The summed E-state index contributed by atoms with van der Waals surface area (Å²) >= 11 is 0. The highest BCUT2D eigenvalue weighted by molar-refractivity contribution is 5.85. The van der Waals surface area contributed by atoms with Gasteiger partial charge in [-0.15, -0.1) is 12.4 Å². The molecule has 23 heavy (non-hydrogen) atoms. The maximum absolute atomic E-state index is 12.3. The van der Waals surface area contributed by atoms with E-state index in [2.05, 4.69) is 0 Å². The van der Waals surface area contributed by atoms with Gasteiger partial charge in [-0.25, -0.2) is 0 Å². The first kappa shape index (κ1) is 19.8. The van der Waals surface area contributed by atoms with Gasteiger partial charge < -0.3 is 15.4 Å². The lowest BCUT2D eigenvalue weighted by molar-refractivity contribution is -0.133. The number of halogens is 1. The lowest BCUT2D eigenvalue weighted by atomic mass is 9.92. The highest BCUT2D eigenvalue weighted by Gasteiger charge is 2.25. The Hall–Kier alpha value is -1.26. The van der Waals surface area contributed by atoms with E-state index >= 15 is 0 Å². The molecule has 2 N–H and O–H groups in total. The van der Waals surface area contributed by atoms with Gasteiger partial charge in [0.1, 0.15) is 5.75 Å². The Morgan fingerprint density at radius 2 is 2.26 bits per heavy atom. The van der Waals surface area contributed by atoms with Gasteiger partial charge >= 0.3 is 0 Å². The number of benzene rings is 1. The quantitative estimate of drug-likeness (QED) is 0.809. The van der Waals surface area contributed by atoms with Crippen molar-refractivity contribution in [3.63, 3.8) is 0 Å². The van der Waals surface area contributed by atoms with Crippen LogP contribution in [0.15, 0.2) is 24.3 Å². The number of likely N-dealkylation sites (tertiary alicyclic amines) is 1. The average Bonchev–Trinajstić information content (AvgIpc) is 2.51. The van der Waals surface area contributed by atoms with Crippen molar-refractivity contribution in [3.05, 3.63) is 29.8 Å². The number of carbonyl (C=O) groups excluding carboxylic acids is 1. The first-order chi connectivity index (χ1) is 10.6. The van der Waals surface area contributed by atoms with Crippen molar-refractivity contribution in [1.29, 1.82) is 0 Å². The molecular weight excluding hydrogens is 312 g/mol. The van der Waals surface area contributed by atoms with Crippen LogP contribution in [-0.4, -0.2) is 36.5 Å². The third-order valence-corrected chi connectivity index (χ3v) is 4.35. The van der Waals surface area contributed by atoms with Crippen molar-refractivity contribution in [2.45, 2.75) is 45.6 Å². The highest BCUT2D eigenvalue weighted by atomic mass is 35.5. The van der Waals surface area contributed by atoms with E-state index in [4.69, 9.17) is 10.5 Å². The summed E-state index contributed by atoms with van der Waals surface area (Å²) < 4.78 is 5.69. The van der Waals surface area contributed by atoms with Gasteiger partial charge in [-0.05, 0) is 56.7 Å². The van der Waals surface area contributed by atoms with Crippen LogP contribution in [0.1, 0.15) is 38.2 Å². The summed E-state index contributed by atoms with van der Waals surface area (Å²) in [5.74, 6) is 1.56. The SMILES string of the molecule is Cc1cccc(OCCCC(=O)N2CCCC(C(C)N)C2)c1.Cl. The van der Waals surface area contributed by atoms with Crippen LogP contribution in [-0.2, 0) is 4.79 Å². The van der Waals surface area contributed by atoms with E-state index in [0.717, 1.165) is 38.1 Å². The van der Waals surface area contributed by atoms with Gasteiger partial charge in [0.25, 0.3) is 0 Å². The van der Waals surface area contributed by atoms with E-state index in [-0.39, 0.29) is 24.4 Å². The van der Waals surface area contributed by atoms with E-state index < -0.39 is 0 Å². The minimum atomic E-state index is 0. The first-order valence-corrected chi connectivity index (χ1v) is 8.29. The van der Waals surface area contributed by atoms with Crippen molar-refractivity contribution < 1.29 is 9.53 Å². The third kappa shape index (κ3) is 6.40. The second-order valence-electron chi connectivity index (χ2n) is 6.37. The van der Waals surface area contributed by atoms with Gasteiger partial charge in [-0.1, -0.05) is 12.1 Å². The van der Waals surface area contributed by atoms with Crippen LogP contribution in [0.25, 0.3) is 0 Å². The van der Waals surface area contributed by atoms with Gasteiger partial charge in [0.05, 0.1) is 6.61 Å². The fraction of sp³-hybridized carbons (Fsp3) is 0.611. The monoisotopic (exact) mass is 340 g/mol. The van der Waals surface area contributed by atoms with E-state index in [1.807, 2.05) is 43.0 Å². The lowest BCUT2D eigenvalue weighted by Gasteiger charge is -2.34. The van der Waals surface area contributed by atoms with Crippen molar-refractivity contribution in [1.82, 2.24) is 4.90 Å². The summed E-state index contributed by atoms with van der Waals surface area (Å²) in [6.07, 6.45) is 3.51. The maximum Gasteiger partial charge on any atom is 0.222 e. The number of carbonyl (C=O) groups is 1. The molecule has 1 aromatic carbocycles. The molecule has 1 aliphatic heterocycles.